The third-order valence-corrected chi connectivity index (χ3v) is 3.70. The van der Waals surface area contributed by atoms with Crippen LogP contribution in [0.1, 0.15) is 37.4 Å². The molecule has 1 heteroatoms. The van der Waals surface area contributed by atoms with Crippen molar-refractivity contribution in [2.45, 2.75) is 31.8 Å². The van der Waals surface area contributed by atoms with Crippen LogP contribution in [-0.4, -0.2) is 5.11 Å². The van der Waals surface area contributed by atoms with Crippen LogP contribution in [-0.2, 0) is 0 Å². The third kappa shape index (κ3) is 2.50. The van der Waals surface area contributed by atoms with Gasteiger partial charge < -0.3 is 5.11 Å². The van der Waals surface area contributed by atoms with Crippen molar-refractivity contribution in [2.24, 2.45) is 5.92 Å². The highest BCUT2D eigenvalue weighted by Crippen LogP contribution is 2.36. The highest BCUT2D eigenvalue weighted by molar-refractivity contribution is 5.83. The van der Waals surface area contributed by atoms with Gasteiger partial charge in [-0.25, -0.2) is 0 Å². The first kappa shape index (κ1) is 10.8. The van der Waals surface area contributed by atoms with E-state index >= 15 is 0 Å². The Balaban J connectivity index is 1.78. The first-order valence-corrected chi connectivity index (χ1v) is 6.50. The third-order valence-electron chi connectivity index (χ3n) is 3.70. The summed E-state index contributed by atoms with van der Waals surface area (Å²) in [7, 11) is 0. The van der Waals surface area contributed by atoms with Gasteiger partial charge in [-0.1, -0.05) is 49.2 Å². The lowest BCUT2D eigenvalue weighted by Crippen LogP contribution is -1.97. The van der Waals surface area contributed by atoms with E-state index in [1.54, 1.807) is 0 Å². The fourth-order valence-electron chi connectivity index (χ4n) is 2.38. The lowest BCUT2D eigenvalue weighted by atomic mass is 10.00. The molecule has 88 valence electrons. The summed E-state index contributed by atoms with van der Waals surface area (Å²) >= 11 is 0. The molecule has 2 aromatic carbocycles. The number of hydrogen-bond acceptors (Lipinski definition) is 1. The molecule has 1 atom stereocenters. The van der Waals surface area contributed by atoms with E-state index in [0.717, 1.165) is 17.9 Å². The van der Waals surface area contributed by atoms with E-state index in [1.807, 2.05) is 12.1 Å². The molecule has 0 amide bonds. The zero-order valence-corrected chi connectivity index (χ0v) is 9.97. The van der Waals surface area contributed by atoms with Crippen molar-refractivity contribution in [1.29, 1.82) is 0 Å². The summed E-state index contributed by atoms with van der Waals surface area (Å²) in [5.41, 5.74) is 1.06. The minimum Gasteiger partial charge on any atom is -0.388 e. The molecule has 1 fully saturated rings. The summed E-state index contributed by atoms with van der Waals surface area (Å²) in [5, 5.41) is 12.6. The monoisotopic (exact) mass is 226 g/mol. The number of aliphatic hydroxyl groups is 1. The average Bonchev–Trinajstić information content (AvgIpc) is 3.19. The largest absolute Gasteiger partial charge is 0.388 e. The van der Waals surface area contributed by atoms with E-state index in [4.69, 9.17) is 0 Å². The standard InChI is InChI=1S/C16H18O/c17-16(10-7-12-5-6-12)15-9-8-13-3-1-2-4-14(13)11-15/h1-4,8-9,11-12,16-17H,5-7,10H2. The summed E-state index contributed by atoms with van der Waals surface area (Å²) in [5.74, 6) is 0.894. The number of fused-ring (bicyclic) bond motifs is 1. The highest BCUT2D eigenvalue weighted by atomic mass is 16.3. The lowest BCUT2D eigenvalue weighted by molar-refractivity contribution is 0.162. The molecule has 1 N–H and O–H groups in total. The fourth-order valence-corrected chi connectivity index (χ4v) is 2.38. The van der Waals surface area contributed by atoms with Gasteiger partial charge >= 0.3 is 0 Å². The lowest BCUT2D eigenvalue weighted by Gasteiger charge is -2.11. The van der Waals surface area contributed by atoms with E-state index in [2.05, 4.69) is 30.3 Å². The second-order valence-electron chi connectivity index (χ2n) is 5.14. The van der Waals surface area contributed by atoms with Gasteiger partial charge in [0.15, 0.2) is 0 Å². The number of aliphatic hydroxyl groups excluding tert-OH is 1. The van der Waals surface area contributed by atoms with Crippen molar-refractivity contribution in [1.82, 2.24) is 0 Å². The fraction of sp³-hybridized carbons (Fsp3) is 0.375. The van der Waals surface area contributed by atoms with Gasteiger partial charge in [-0.2, -0.15) is 0 Å². The molecule has 1 unspecified atom stereocenters. The highest BCUT2D eigenvalue weighted by Gasteiger charge is 2.22. The van der Waals surface area contributed by atoms with Gasteiger partial charge in [-0.3, -0.25) is 0 Å². The molecule has 3 rings (SSSR count). The van der Waals surface area contributed by atoms with Crippen molar-refractivity contribution < 1.29 is 5.11 Å². The molecule has 0 spiro atoms. The molecule has 0 aromatic heterocycles. The van der Waals surface area contributed by atoms with Crippen LogP contribution in [0.15, 0.2) is 42.5 Å². The Kier molecular flexibility index (Phi) is 2.86. The predicted octanol–water partition coefficient (Wildman–Crippen LogP) is 4.06. The minimum atomic E-state index is -0.291. The number of hydrogen-bond donors (Lipinski definition) is 1. The SMILES string of the molecule is OC(CCC1CC1)c1ccc2ccccc2c1. The van der Waals surface area contributed by atoms with Crippen molar-refractivity contribution >= 4 is 10.8 Å². The number of rotatable bonds is 4. The van der Waals surface area contributed by atoms with Crippen LogP contribution in [0.4, 0.5) is 0 Å². The van der Waals surface area contributed by atoms with Crippen molar-refractivity contribution in [3.63, 3.8) is 0 Å². The first-order chi connectivity index (χ1) is 8.33. The molecule has 1 saturated carbocycles. The first-order valence-electron chi connectivity index (χ1n) is 6.50. The summed E-state index contributed by atoms with van der Waals surface area (Å²) in [4.78, 5) is 0. The molecule has 0 heterocycles. The molecule has 1 aliphatic carbocycles. The summed E-state index contributed by atoms with van der Waals surface area (Å²) in [6, 6.07) is 14.6. The van der Waals surface area contributed by atoms with Gasteiger partial charge in [-0.15, -0.1) is 0 Å². The minimum absolute atomic E-state index is 0.291. The van der Waals surface area contributed by atoms with Gasteiger partial charge in [0.1, 0.15) is 0 Å². The Morgan fingerprint density at radius 2 is 1.82 bits per heavy atom. The summed E-state index contributed by atoms with van der Waals surface area (Å²) in [6.07, 6.45) is 4.52. The Morgan fingerprint density at radius 3 is 2.59 bits per heavy atom. The maximum atomic E-state index is 10.2. The topological polar surface area (TPSA) is 20.2 Å². The van der Waals surface area contributed by atoms with Crippen LogP contribution < -0.4 is 0 Å². The van der Waals surface area contributed by atoms with Crippen molar-refractivity contribution in [2.75, 3.05) is 0 Å². The quantitative estimate of drug-likeness (QED) is 0.833. The zero-order valence-electron chi connectivity index (χ0n) is 9.97. The molecular weight excluding hydrogens is 208 g/mol. The van der Waals surface area contributed by atoms with Gasteiger partial charge in [-0.05, 0) is 41.2 Å². The molecule has 17 heavy (non-hydrogen) atoms. The molecule has 0 bridgehead atoms. The van der Waals surface area contributed by atoms with Crippen molar-refractivity contribution in [3.8, 4) is 0 Å². The Morgan fingerprint density at radius 1 is 1.06 bits per heavy atom. The molecule has 0 aliphatic heterocycles. The maximum absolute atomic E-state index is 10.2. The molecular formula is C16H18O. The van der Waals surface area contributed by atoms with E-state index in [1.165, 1.54) is 30.0 Å². The van der Waals surface area contributed by atoms with E-state index in [9.17, 15) is 5.11 Å². The van der Waals surface area contributed by atoms with Crippen LogP contribution in [0, 0.1) is 5.92 Å². The normalized spacial score (nSPS) is 17.2. The van der Waals surface area contributed by atoms with E-state index < -0.39 is 0 Å². The van der Waals surface area contributed by atoms with Gasteiger partial charge in [0.2, 0.25) is 0 Å². The van der Waals surface area contributed by atoms with Crippen LogP contribution in [0.3, 0.4) is 0 Å². The molecule has 1 aliphatic rings. The average molecular weight is 226 g/mol. The smallest absolute Gasteiger partial charge is 0.0790 e. The summed E-state index contributed by atoms with van der Waals surface area (Å²) in [6.45, 7) is 0. The van der Waals surface area contributed by atoms with Gasteiger partial charge in [0.05, 0.1) is 6.10 Å². The van der Waals surface area contributed by atoms with Crippen LogP contribution in [0.5, 0.6) is 0 Å². The van der Waals surface area contributed by atoms with Gasteiger partial charge in [0.25, 0.3) is 0 Å². The van der Waals surface area contributed by atoms with Crippen LogP contribution >= 0.6 is 0 Å². The zero-order chi connectivity index (χ0) is 11.7. The van der Waals surface area contributed by atoms with E-state index in [-0.39, 0.29) is 6.10 Å². The number of benzene rings is 2. The second kappa shape index (κ2) is 4.50. The van der Waals surface area contributed by atoms with Gasteiger partial charge in [0, 0.05) is 0 Å². The Labute approximate surface area is 102 Å². The molecule has 2 aromatic rings. The second-order valence-corrected chi connectivity index (χ2v) is 5.14. The Hall–Kier alpha value is -1.34. The van der Waals surface area contributed by atoms with Crippen molar-refractivity contribution in [3.05, 3.63) is 48.0 Å². The van der Waals surface area contributed by atoms with E-state index in [0.29, 0.717) is 0 Å². The van der Waals surface area contributed by atoms with Crippen LogP contribution in [0.25, 0.3) is 10.8 Å². The Bertz CT molecular complexity index is 514. The molecule has 0 radical (unpaired) electrons. The van der Waals surface area contributed by atoms with Crippen LogP contribution in [0.2, 0.25) is 0 Å². The maximum Gasteiger partial charge on any atom is 0.0790 e. The molecule has 1 nitrogen and oxygen atoms in total. The predicted molar refractivity (Wildman–Crippen MR) is 70.9 cm³/mol. The molecule has 0 saturated heterocycles. The summed E-state index contributed by atoms with van der Waals surface area (Å²) < 4.78 is 0.